The summed E-state index contributed by atoms with van der Waals surface area (Å²) in [6.45, 7) is 4.79. The largest absolute Gasteiger partial charge is 0.377 e. The van der Waals surface area contributed by atoms with Gasteiger partial charge in [0, 0.05) is 13.1 Å². The number of rotatable bonds is 6. The summed E-state index contributed by atoms with van der Waals surface area (Å²) in [5.41, 5.74) is 1.92. The third-order valence-electron chi connectivity index (χ3n) is 4.06. The molecule has 3 heteroatoms. The summed E-state index contributed by atoms with van der Waals surface area (Å²) in [6.07, 6.45) is 5.66. The Bertz CT molecular complexity index is 435. The first kappa shape index (κ1) is 15.0. The normalized spacial score (nSPS) is 22.4. The van der Waals surface area contributed by atoms with Crippen molar-refractivity contribution in [1.82, 2.24) is 5.32 Å². The summed E-state index contributed by atoms with van der Waals surface area (Å²) in [5.74, 6) is 0.710. The van der Waals surface area contributed by atoms with Crippen molar-refractivity contribution in [2.75, 3.05) is 13.2 Å². The van der Waals surface area contributed by atoms with Gasteiger partial charge in [0.2, 0.25) is 0 Å². The smallest absolute Gasteiger partial charge is 0.0991 e. The zero-order valence-corrected chi connectivity index (χ0v) is 12.3. The zero-order chi connectivity index (χ0) is 14.2. The van der Waals surface area contributed by atoms with Gasteiger partial charge in [0.05, 0.1) is 24.3 Å². The van der Waals surface area contributed by atoms with Crippen LogP contribution in [0.25, 0.3) is 0 Å². The SMILES string of the molecule is CC1CCCCC1OCCNCc1ccc(C#N)cc1. The highest BCUT2D eigenvalue weighted by Gasteiger charge is 2.21. The predicted molar refractivity (Wildman–Crippen MR) is 80.2 cm³/mol. The van der Waals surface area contributed by atoms with E-state index in [9.17, 15) is 0 Å². The molecule has 3 nitrogen and oxygen atoms in total. The molecule has 0 spiro atoms. The molecule has 108 valence electrons. The van der Waals surface area contributed by atoms with Crippen molar-refractivity contribution in [2.45, 2.75) is 45.3 Å². The van der Waals surface area contributed by atoms with Crippen molar-refractivity contribution in [3.8, 4) is 6.07 Å². The van der Waals surface area contributed by atoms with E-state index in [0.29, 0.717) is 17.6 Å². The standard InChI is InChI=1S/C17H24N2O/c1-14-4-2-3-5-17(14)20-11-10-19-13-16-8-6-15(12-18)7-9-16/h6-9,14,17,19H,2-5,10-11,13H2,1H3. The predicted octanol–water partition coefficient (Wildman–Crippen LogP) is 3.24. The minimum Gasteiger partial charge on any atom is -0.377 e. The van der Waals surface area contributed by atoms with Gasteiger partial charge < -0.3 is 10.1 Å². The molecule has 0 aliphatic heterocycles. The molecule has 0 bridgehead atoms. The molecule has 0 saturated heterocycles. The molecule has 2 atom stereocenters. The van der Waals surface area contributed by atoms with Crippen LogP contribution in [0, 0.1) is 17.2 Å². The molecule has 0 amide bonds. The van der Waals surface area contributed by atoms with E-state index in [0.717, 1.165) is 19.7 Å². The van der Waals surface area contributed by atoms with Crippen LogP contribution in [0.15, 0.2) is 24.3 Å². The van der Waals surface area contributed by atoms with Gasteiger partial charge in [0.15, 0.2) is 0 Å². The Balaban J connectivity index is 1.60. The summed E-state index contributed by atoms with van der Waals surface area (Å²) in [5, 5.41) is 12.1. The van der Waals surface area contributed by atoms with Crippen LogP contribution in [0.2, 0.25) is 0 Å². The molecule has 1 aromatic rings. The minimum absolute atomic E-state index is 0.459. The second kappa shape index (κ2) is 8.04. The lowest BCUT2D eigenvalue weighted by molar-refractivity contribution is -0.00322. The van der Waals surface area contributed by atoms with Crippen LogP contribution in [0.5, 0.6) is 0 Å². The fourth-order valence-electron chi connectivity index (χ4n) is 2.74. The number of nitrogens with zero attached hydrogens (tertiary/aromatic N) is 1. The second-order valence-electron chi connectivity index (χ2n) is 5.66. The first-order valence-corrected chi connectivity index (χ1v) is 7.61. The van der Waals surface area contributed by atoms with Gasteiger partial charge in [-0.1, -0.05) is 31.9 Å². The molecular formula is C17H24N2O. The van der Waals surface area contributed by atoms with Gasteiger partial charge >= 0.3 is 0 Å². The Kier molecular flexibility index (Phi) is 6.04. The third-order valence-corrected chi connectivity index (χ3v) is 4.06. The van der Waals surface area contributed by atoms with E-state index in [-0.39, 0.29) is 0 Å². The lowest BCUT2D eigenvalue weighted by Gasteiger charge is -2.28. The zero-order valence-electron chi connectivity index (χ0n) is 12.3. The Labute approximate surface area is 121 Å². The van der Waals surface area contributed by atoms with Gasteiger partial charge in [-0.25, -0.2) is 0 Å². The Morgan fingerprint density at radius 2 is 2.00 bits per heavy atom. The van der Waals surface area contributed by atoms with Crippen LogP contribution in [0.1, 0.15) is 43.7 Å². The molecule has 1 fully saturated rings. The fourth-order valence-corrected chi connectivity index (χ4v) is 2.74. The van der Waals surface area contributed by atoms with E-state index in [1.807, 2.05) is 24.3 Å². The monoisotopic (exact) mass is 272 g/mol. The van der Waals surface area contributed by atoms with Crippen LogP contribution >= 0.6 is 0 Å². The van der Waals surface area contributed by atoms with E-state index in [1.165, 1.54) is 31.2 Å². The molecule has 2 rings (SSSR count). The van der Waals surface area contributed by atoms with Gasteiger partial charge in [0.25, 0.3) is 0 Å². The summed E-state index contributed by atoms with van der Waals surface area (Å²) in [4.78, 5) is 0. The van der Waals surface area contributed by atoms with Crippen molar-refractivity contribution in [1.29, 1.82) is 5.26 Å². The maximum absolute atomic E-state index is 8.74. The molecule has 0 heterocycles. The van der Waals surface area contributed by atoms with Crippen molar-refractivity contribution in [3.63, 3.8) is 0 Å². The second-order valence-corrected chi connectivity index (χ2v) is 5.66. The number of nitrogens with one attached hydrogen (secondary N) is 1. The quantitative estimate of drug-likeness (QED) is 0.809. The molecule has 1 N–H and O–H groups in total. The van der Waals surface area contributed by atoms with Crippen LogP contribution in [-0.2, 0) is 11.3 Å². The molecule has 1 aromatic carbocycles. The fraction of sp³-hybridized carbons (Fsp3) is 0.588. The Morgan fingerprint density at radius 1 is 1.25 bits per heavy atom. The van der Waals surface area contributed by atoms with Gasteiger partial charge in [-0.3, -0.25) is 0 Å². The molecule has 1 saturated carbocycles. The topological polar surface area (TPSA) is 45.0 Å². The maximum atomic E-state index is 8.74. The molecule has 2 unspecified atom stereocenters. The van der Waals surface area contributed by atoms with Crippen LogP contribution in [-0.4, -0.2) is 19.3 Å². The van der Waals surface area contributed by atoms with E-state index >= 15 is 0 Å². The van der Waals surface area contributed by atoms with E-state index in [1.54, 1.807) is 0 Å². The average Bonchev–Trinajstić information content (AvgIpc) is 2.49. The summed E-state index contributed by atoms with van der Waals surface area (Å²) < 4.78 is 5.96. The number of hydrogen-bond acceptors (Lipinski definition) is 3. The van der Waals surface area contributed by atoms with Crippen molar-refractivity contribution >= 4 is 0 Å². The van der Waals surface area contributed by atoms with Gasteiger partial charge in [-0.2, -0.15) is 5.26 Å². The number of hydrogen-bond donors (Lipinski definition) is 1. The number of benzene rings is 1. The highest BCUT2D eigenvalue weighted by Crippen LogP contribution is 2.25. The highest BCUT2D eigenvalue weighted by molar-refractivity contribution is 5.31. The first-order chi connectivity index (χ1) is 9.79. The van der Waals surface area contributed by atoms with Gasteiger partial charge in [0.1, 0.15) is 0 Å². The van der Waals surface area contributed by atoms with Crippen molar-refractivity contribution in [2.24, 2.45) is 5.92 Å². The minimum atomic E-state index is 0.459. The van der Waals surface area contributed by atoms with E-state index in [2.05, 4.69) is 18.3 Å². The molecule has 0 aromatic heterocycles. The Hall–Kier alpha value is -1.37. The lowest BCUT2D eigenvalue weighted by atomic mass is 9.88. The highest BCUT2D eigenvalue weighted by atomic mass is 16.5. The van der Waals surface area contributed by atoms with E-state index in [4.69, 9.17) is 10.00 Å². The van der Waals surface area contributed by atoms with Crippen LogP contribution < -0.4 is 5.32 Å². The third kappa shape index (κ3) is 4.63. The lowest BCUT2D eigenvalue weighted by Crippen LogP contribution is -2.29. The molecule has 0 radical (unpaired) electrons. The molecular weight excluding hydrogens is 248 g/mol. The maximum Gasteiger partial charge on any atom is 0.0991 e. The molecule has 1 aliphatic rings. The number of nitriles is 1. The first-order valence-electron chi connectivity index (χ1n) is 7.61. The van der Waals surface area contributed by atoms with Crippen LogP contribution in [0.3, 0.4) is 0 Å². The number of ether oxygens (including phenoxy) is 1. The Morgan fingerprint density at radius 3 is 2.70 bits per heavy atom. The average molecular weight is 272 g/mol. The van der Waals surface area contributed by atoms with Crippen molar-refractivity contribution in [3.05, 3.63) is 35.4 Å². The van der Waals surface area contributed by atoms with Gasteiger partial charge in [-0.15, -0.1) is 0 Å². The molecule has 1 aliphatic carbocycles. The van der Waals surface area contributed by atoms with Crippen molar-refractivity contribution < 1.29 is 4.74 Å². The van der Waals surface area contributed by atoms with E-state index < -0.39 is 0 Å². The van der Waals surface area contributed by atoms with Gasteiger partial charge in [-0.05, 0) is 36.5 Å². The summed E-state index contributed by atoms with van der Waals surface area (Å²) in [6, 6.07) is 9.84. The van der Waals surface area contributed by atoms with Crippen LogP contribution in [0.4, 0.5) is 0 Å². The molecule has 20 heavy (non-hydrogen) atoms. The summed E-state index contributed by atoms with van der Waals surface area (Å²) in [7, 11) is 0. The summed E-state index contributed by atoms with van der Waals surface area (Å²) >= 11 is 0.